The Balaban J connectivity index is 0.000000203. The fraction of sp³-hybridized carbons (Fsp3) is 0.269. The minimum absolute atomic E-state index is 0.112. The summed E-state index contributed by atoms with van der Waals surface area (Å²) in [6.07, 6.45) is 3.07. The maximum absolute atomic E-state index is 11.4. The van der Waals surface area contributed by atoms with Crippen LogP contribution in [0.1, 0.15) is 31.2 Å². The van der Waals surface area contributed by atoms with E-state index >= 15 is 0 Å². The Morgan fingerprint density at radius 1 is 0.857 bits per heavy atom. The normalized spacial score (nSPS) is 10.5. The summed E-state index contributed by atoms with van der Waals surface area (Å²) in [6.45, 7) is 3.28. The molecule has 1 amide bonds. The van der Waals surface area contributed by atoms with Crippen LogP contribution in [0.2, 0.25) is 10.0 Å². The van der Waals surface area contributed by atoms with Gasteiger partial charge in [0.2, 0.25) is 5.91 Å². The summed E-state index contributed by atoms with van der Waals surface area (Å²) in [6, 6.07) is 15.4. The fourth-order valence-corrected chi connectivity index (χ4v) is 5.06. The van der Waals surface area contributed by atoms with Crippen LogP contribution in [0.3, 0.4) is 0 Å². The van der Waals surface area contributed by atoms with Crippen LogP contribution in [0.25, 0.3) is 21.1 Å². The Bertz CT molecular complexity index is 1190. The lowest BCUT2D eigenvalue weighted by Crippen LogP contribution is -2.25. The molecule has 5 nitrogen and oxygen atoms in total. The van der Waals surface area contributed by atoms with Crippen molar-refractivity contribution in [1.82, 2.24) is 15.3 Å². The number of nitrogens with two attached hydrogens (primary N) is 1. The number of carbonyl (C=O) groups is 1. The molecule has 0 saturated carbocycles. The van der Waals surface area contributed by atoms with Gasteiger partial charge < -0.3 is 11.1 Å². The van der Waals surface area contributed by atoms with Gasteiger partial charge in [0, 0.05) is 57.7 Å². The second kappa shape index (κ2) is 14.3. The zero-order valence-corrected chi connectivity index (χ0v) is 22.6. The Morgan fingerprint density at radius 2 is 1.34 bits per heavy atom. The molecule has 4 rings (SSSR count). The van der Waals surface area contributed by atoms with Crippen molar-refractivity contribution in [3.63, 3.8) is 0 Å². The van der Waals surface area contributed by atoms with E-state index in [-0.39, 0.29) is 5.91 Å². The molecule has 0 aliphatic heterocycles. The first kappa shape index (κ1) is 27.3. The quantitative estimate of drug-likeness (QED) is 0.239. The van der Waals surface area contributed by atoms with Crippen molar-refractivity contribution in [1.29, 1.82) is 0 Å². The summed E-state index contributed by atoms with van der Waals surface area (Å²) in [5.41, 5.74) is 9.72. The summed E-state index contributed by atoms with van der Waals surface area (Å²) < 4.78 is 0. The second-order valence-corrected chi connectivity index (χ2v) is 10.3. The van der Waals surface area contributed by atoms with Crippen LogP contribution < -0.4 is 11.1 Å². The molecule has 2 heterocycles. The number of hydrogen-bond acceptors (Lipinski definition) is 6. The van der Waals surface area contributed by atoms with Crippen molar-refractivity contribution in [2.75, 3.05) is 13.1 Å². The van der Waals surface area contributed by atoms with Gasteiger partial charge in [-0.15, -0.1) is 22.7 Å². The molecule has 35 heavy (non-hydrogen) atoms. The summed E-state index contributed by atoms with van der Waals surface area (Å²) >= 11 is 14.9. The van der Waals surface area contributed by atoms with Gasteiger partial charge in [0.05, 0.1) is 11.4 Å². The SMILES string of the molecule is CCCC(=O)NCCc1csc(-c2ccc(Cl)cc2)n1.NCCc1csc(-c2ccc(Cl)cc2)n1. The summed E-state index contributed by atoms with van der Waals surface area (Å²) in [5, 5.41) is 10.5. The van der Waals surface area contributed by atoms with Gasteiger partial charge in [-0.3, -0.25) is 4.79 Å². The highest BCUT2D eigenvalue weighted by Gasteiger charge is 2.06. The molecule has 0 aliphatic rings. The molecular formula is C26H28Cl2N4OS2. The van der Waals surface area contributed by atoms with Gasteiger partial charge in [0.1, 0.15) is 10.0 Å². The number of aromatic nitrogens is 2. The van der Waals surface area contributed by atoms with Gasteiger partial charge in [-0.05, 0) is 37.2 Å². The third kappa shape index (κ3) is 9.02. The van der Waals surface area contributed by atoms with Crippen LogP contribution >= 0.6 is 45.9 Å². The summed E-state index contributed by atoms with van der Waals surface area (Å²) in [7, 11) is 0. The van der Waals surface area contributed by atoms with Crippen LogP contribution in [0.15, 0.2) is 59.3 Å². The standard InChI is InChI=1S/C15H17ClN2OS.C11H11ClN2S/c1-2-3-14(19)17-9-8-13-10-20-15(18-13)11-4-6-12(16)7-5-11;12-9-3-1-8(2-4-9)11-14-10(5-6-13)7-15-11/h4-7,10H,2-3,8-9H2,1H3,(H,17,19);1-4,7H,5-6,13H2. The predicted octanol–water partition coefficient (Wildman–Crippen LogP) is 6.89. The maximum Gasteiger partial charge on any atom is 0.219 e. The van der Waals surface area contributed by atoms with Gasteiger partial charge >= 0.3 is 0 Å². The Hall–Kier alpha value is -2.29. The molecule has 0 saturated heterocycles. The van der Waals surface area contributed by atoms with E-state index < -0.39 is 0 Å². The molecule has 0 unspecified atom stereocenters. The summed E-state index contributed by atoms with van der Waals surface area (Å²) in [4.78, 5) is 20.4. The second-order valence-electron chi connectivity index (χ2n) is 7.69. The fourth-order valence-electron chi connectivity index (χ4n) is 3.09. The number of nitrogens with one attached hydrogen (secondary N) is 1. The van der Waals surface area contributed by atoms with E-state index in [1.54, 1.807) is 22.7 Å². The lowest BCUT2D eigenvalue weighted by atomic mass is 10.2. The topological polar surface area (TPSA) is 80.9 Å². The third-order valence-electron chi connectivity index (χ3n) is 4.87. The number of rotatable bonds is 9. The number of amides is 1. The largest absolute Gasteiger partial charge is 0.356 e. The molecule has 9 heteroatoms. The number of benzene rings is 2. The first-order valence-electron chi connectivity index (χ1n) is 11.4. The molecule has 0 fully saturated rings. The molecule has 0 atom stereocenters. The van der Waals surface area contributed by atoms with Crippen molar-refractivity contribution in [3.05, 3.63) is 80.7 Å². The van der Waals surface area contributed by atoms with Crippen molar-refractivity contribution in [3.8, 4) is 21.1 Å². The lowest BCUT2D eigenvalue weighted by Gasteiger charge is -2.02. The van der Waals surface area contributed by atoms with Crippen LogP contribution in [-0.4, -0.2) is 29.0 Å². The molecule has 0 radical (unpaired) electrons. The number of carbonyl (C=O) groups excluding carboxylic acids is 1. The van der Waals surface area contributed by atoms with Gasteiger partial charge in [-0.2, -0.15) is 0 Å². The van der Waals surface area contributed by atoms with Crippen molar-refractivity contribution in [2.45, 2.75) is 32.6 Å². The van der Waals surface area contributed by atoms with Crippen LogP contribution in [0.4, 0.5) is 0 Å². The van der Waals surface area contributed by atoms with Gasteiger partial charge in [-0.1, -0.05) is 54.4 Å². The molecule has 2 aromatic heterocycles. The average Bonchev–Trinajstić information content (AvgIpc) is 3.51. The van der Waals surface area contributed by atoms with Crippen molar-refractivity contribution < 1.29 is 4.79 Å². The zero-order chi connectivity index (χ0) is 25.0. The molecule has 0 spiro atoms. The molecule has 3 N–H and O–H groups in total. The lowest BCUT2D eigenvalue weighted by molar-refractivity contribution is -0.121. The van der Waals surface area contributed by atoms with Crippen LogP contribution in [-0.2, 0) is 17.6 Å². The Labute approximate surface area is 224 Å². The van der Waals surface area contributed by atoms with E-state index in [9.17, 15) is 4.79 Å². The zero-order valence-electron chi connectivity index (χ0n) is 19.5. The first-order chi connectivity index (χ1) is 17.0. The molecule has 4 aromatic rings. The molecule has 2 aromatic carbocycles. The van der Waals surface area contributed by atoms with E-state index in [1.807, 2.05) is 60.8 Å². The van der Waals surface area contributed by atoms with E-state index in [1.165, 1.54) is 0 Å². The van der Waals surface area contributed by atoms with Gasteiger partial charge in [0.15, 0.2) is 0 Å². The average molecular weight is 548 g/mol. The number of hydrogen-bond donors (Lipinski definition) is 2. The number of halogens is 2. The third-order valence-corrected chi connectivity index (χ3v) is 7.25. The minimum atomic E-state index is 0.112. The van der Waals surface area contributed by atoms with E-state index in [4.69, 9.17) is 28.9 Å². The Morgan fingerprint density at radius 3 is 1.80 bits per heavy atom. The maximum atomic E-state index is 11.4. The summed E-state index contributed by atoms with van der Waals surface area (Å²) in [5.74, 6) is 0.112. The smallest absolute Gasteiger partial charge is 0.219 e. The van der Waals surface area contributed by atoms with E-state index in [0.29, 0.717) is 19.5 Å². The highest BCUT2D eigenvalue weighted by molar-refractivity contribution is 7.13. The van der Waals surface area contributed by atoms with Gasteiger partial charge in [0.25, 0.3) is 0 Å². The van der Waals surface area contributed by atoms with Crippen molar-refractivity contribution in [2.24, 2.45) is 5.73 Å². The molecule has 0 aliphatic carbocycles. The van der Waals surface area contributed by atoms with E-state index in [0.717, 1.165) is 61.8 Å². The molecular weight excluding hydrogens is 519 g/mol. The molecule has 0 bridgehead atoms. The molecule has 184 valence electrons. The number of nitrogens with zero attached hydrogens (tertiary/aromatic N) is 2. The monoisotopic (exact) mass is 546 g/mol. The first-order valence-corrected chi connectivity index (χ1v) is 13.9. The van der Waals surface area contributed by atoms with Crippen LogP contribution in [0.5, 0.6) is 0 Å². The highest BCUT2D eigenvalue weighted by Crippen LogP contribution is 2.26. The minimum Gasteiger partial charge on any atom is -0.356 e. The van der Waals surface area contributed by atoms with Gasteiger partial charge in [-0.25, -0.2) is 9.97 Å². The van der Waals surface area contributed by atoms with Crippen molar-refractivity contribution >= 4 is 51.8 Å². The van der Waals surface area contributed by atoms with Crippen LogP contribution in [0, 0.1) is 0 Å². The Kier molecular flexibility index (Phi) is 11.2. The number of thiazole rings is 2. The highest BCUT2D eigenvalue weighted by atomic mass is 35.5. The van der Waals surface area contributed by atoms with E-state index in [2.05, 4.69) is 20.7 Å². The predicted molar refractivity (Wildman–Crippen MR) is 150 cm³/mol.